The number of methoxy groups -OCH3 is 3. The van der Waals surface area contributed by atoms with Crippen molar-refractivity contribution in [2.45, 2.75) is 5.03 Å². The predicted molar refractivity (Wildman–Crippen MR) is 145 cm³/mol. The zero-order valence-corrected chi connectivity index (χ0v) is 21.5. The molecule has 0 unspecified atom stereocenters. The number of ether oxygens (including phenoxy) is 3. The second kappa shape index (κ2) is 12.0. The number of hydrogen-bond acceptors (Lipinski definition) is 7. The van der Waals surface area contributed by atoms with Crippen molar-refractivity contribution in [2.75, 3.05) is 32.4 Å². The van der Waals surface area contributed by atoms with E-state index < -0.39 is 0 Å². The monoisotopic (exact) mass is 511 g/mol. The van der Waals surface area contributed by atoms with Crippen LogP contribution in [0.1, 0.15) is 5.56 Å². The van der Waals surface area contributed by atoms with E-state index in [1.807, 2.05) is 60.7 Å². The maximum Gasteiger partial charge on any atom is 0.234 e. The van der Waals surface area contributed by atoms with E-state index in [0.29, 0.717) is 44.8 Å². The maximum atomic E-state index is 12.8. The van der Waals surface area contributed by atoms with Crippen LogP contribution in [0.15, 0.2) is 83.9 Å². The Balaban J connectivity index is 1.72. The molecule has 4 rings (SSSR count). The van der Waals surface area contributed by atoms with E-state index in [-0.39, 0.29) is 11.7 Å². The largest absolute Gasteiger partial charge is 0.495 e. The molecule has 37 heavy (non-hydrogen) atoms. The van der Waals surface area contributed by atoms with E-state index in [9.17, 15) is 10.1 Å². The van der Waals surface area contributed by atoms with Gasteiger partial charge in [0.2, 0.25) is 5.91 Å². The molecule has 7 nitrogen and oxygen atoms in total. The van der Waals surface area contributed by atoms with E-state index in [2.05, 4.69) is 11.4 Å². The smallest absolute Gasteiger partial charge is 0.234 e. The number of aromatic nitrogens is 1. The van der Waals surface area contributed by atoms with Crippen LogP contribution in [0.2, 0.25) is 0 Å². The van der Waals surface area contributed by atoms with Crippen molar-refractivity contribution >= 4 is 23.4 Å². The van der Waals surface area contributed by atoms with Gasteiger partial charge in [-0.1, -0.05) is 60.3 Å². The van der Waals surface area contributed by atoms with Gasteiger partial charge in [0.15, 0.2) is 11.5 Å². The number of carbonyl (C=O) groups excluding carboxylic acids is 1. The first-order chi connectivity index (χ1) is 18.1. The lowest BCUT2D eigenvalue weighted by molar-refractivity contribution is -0.113. The molecule has 3 aromatic carbocycles. The Morgan fingerprint density at radius 3 is 2.27 bits per heavy atom. The summed E-state index contributed by atoms with van der Waals surface area (Å²) in [5.74, 6) is 1.53. The molecule has 0 bridgehead atoms. The van der Waals surface area contributed by atoms with Crippen LogP contribution in [0.3, 0.4) is 0 Å². The lowest BCUT2D eigenvalue weighted by Gasteiger charge is -2.15. The number of nitriles is 1. The fraction of sp³-hybridized carbons (Fsp3) is 0.138. The molecule has 1 aromatic heterocycles. The average Bonchev–Trinajstić information content (AvgIpc) is 2.95. The van der Waals surface area contributed by atoms with Crippen LogP contribution in [0.5, 0.6) is 17.2 Å². The molecule has 0 saturated carbocycles. The van der Waals surface area contributed by atoms with Gasteiger partial charge >= 0.3 is 0 Å². The Morgan fingerprint density at radius 1 is 0.865 bits per heavy atom. The number of para-hydroxylation sites is 2. The SMILES string of the molecule is COc1ccccc1NC(=O)CSc1nc(-c2ccccc2)cc(-c2ccc(OC)c(OC)c2)c1C#N. The van der Waals surface area contributed by atoms with Crippen LogP contribution in [-0.4, -0.2) is 38.0 Å². The average molecular weight is 512 g/mol. The molecule has 1 amide bonds. The van der Waals surface area contributed by atoms with Crippen LogP contribution in [0.4, 0.5) is 5.69 Å². The fourth-order valence-electron chi connectivity index (χ4n) is 3.79. The molecule has 1 heterocycles. The molecule has 0 fully saturated rings. The predicted octanol–water partition coefficient (Wildman–Crippen LogP) is 6.04. The lowest BCUT2D eigenvalue weighted by atomic mass is 9.99. The molecule has 0 saturated heterocycles. The molecule has 186 valence electrons. The van der Waals surface area contributed by atoms with Gasteiger partial charge in [-0.3, -0.25) is 4.79 Å². The van der Waals surface area contributed by atoms with Crippen LogP contribution < -0.4 is 19.5 Å². The first kappa shape index (κ1) is 25.6. The summed E-state index contributed by atoms with van der Waals surface area (Å²) in [5.41, 5.74) is 4.00. The minimum Gasteiger partial charge on any atom is -0.495 e. The van der Waals surface area contributed by atoms with Gasteiger partial charge in [-0.15, -0.1) is 0 Å². The minimum atomic E-state index is -0.238. The Hall–Kier alpha value is -4.48. The summed E-state index contributed by atoms with van der Waals surface area (Å²) in [5, 5.41) is 13.5. The molecular weight excluding hydrogens is 486 g/mol. The highest BCUT2D eigenvalue weighted by Gasteiger charge is 2.19. The second-order valence-electron chi connectivity index (χ2n) is 7.82. The van der Waals surface area contributed by atoms with E-state index >= 15 is 0 Å². The van der Waals surface area contributed by atoms with Crippen LogP contribution >= 0.6 is 11.8 Å². The minimum absolute atomic E-state index is 0.0589. The second-order valence-corrected chi connectivity index (χ2v) is 8.78. The normalized spacial score (nSPS) is 10.3. The standard InChI is InChI=1S/C29H25N3O4S/c1-34-25-12-8-7-11-23(25)31-28(33)18-37-29-22(17-30)21(16-24(32-29)19-9-5-4-6-10-19)20-13-14-26(35-2)27(15-20)36-3/h4-16H,18H2,1-3H3,(H,31,33). The van der Waals surface area contributed by atoms with Crippen LogP contribution in [0.25, 0.3) is 22.4 Å². The molecule has 8 heteroatoms. The highest BCUT2D eigenvalue weighted by Crippen LogP contribution is 2.38. The third kappa shape index (κ3) is 5.85. The first-order valence-electron chi connectivity index (χ1n) is 11.4. The first-order valence-corrected chi connectivity index (χ1v) is 12.3. The number of rotatable bonds is 9. The summed E-state index contributed by atoms with van der Waals surface area (Å²) in [4.78, 5) is 17.6. The zero-order chi connectivity index (χ0) is 26.2. The fourth-order valence-corrected chi connectivity index (χ4v) is 4.59. The topological polar surface area (TPSA) is 93.5 Å². The van der Waals surface area contributed by atoms with Crippen LogP contribution in [-0.2, 0) is 4.79 Å². The number of nitrogens with one attached hydrogen (secondary N) is 1. The van der Waals surface area contributed by atoms with E-state index in [4.69, 9.17) is 19.2 Å². The lowest BCUT2D eigenvalue weighted by Crippen LogP contribution is -2.15. The summed E-state index contributed by atoms with van der Waals surface area (Å²) >= 11 is 1.21. The maximum absolute atomic E-state index is 12.8. The molecule has 1 N–H and O–H groups in total. The van der Waals surface area contributed by atoms with Crippen molar-refractivity contribution < 1.29 is 19.0 Å². The third-order valence-corrected chi connectivity index (χ3v) is 6.56. The van der Waals surface area contributed by atoms with Crippen molar-refractivity contribution in [3.05, 3.63) is 84.4 Å². The number of thioether (sulfide) groups is 1. The number of hydrogen-bond donors (Lipinski definition) is 1. The number of pyridine rings is 1. The quantitative estimate of drug-likeness (QED) is 0.274. The number of nitrogens with zero attached hydrogens (tertiary/aromatic N) is 2. The molecule has 0 aliphatic heterocycles. The van der Waals surface area contributed by atoms with E-state index in [1.165, 1.54) is 11.8 Å². The van der Waals surface area contributed by atoms with Gasteiger partial charge in [-0.25, -0.2) is 4.98 Å². The Bertz CT molecular complexity index is 1450. The summed E-state index contributed by atoms with van der Waals surface area (Å²) in [6.45, 7) is 0. The Morgan fingerprint density at radius 2 is 1.57 bits per heavy atom. The number of anilines is 1. The summed E-state index contributed by atoms with van der Waals surface area (Å²) in [6, 6.07) is 26.6. The number of carbonyl (C=O) groups is 1. The summed E-state index contributed by atoms with van der Waals surface area (Å²) in [7, 11) is 4.69. The van der Waals surface area contributed by atoms with Gasteiger partial charge in [0.05, 0.1) is 44.0 Å². The zero-order valence-electron chi connectivity index (χ0n) is 20.6. The van der Waals surface area contributed by atoms with Crippen LogP contribution in [0, 0.1) is 11.3 Å². The van der Waals surface area contributed by atoms with Gasteiger partial charge in [0, 0.05) is 11.1 Å². The van der Waals surface area contributed by atoms with Crippen molar-refractivity contribution in [3.8, 4) is 45.7 Å². The number of benzene rings is 3. The van der Waals surface area contributed by atoms with E-state index in [0.717, 1.165) is 11.1 Å². The molecule has 0 spiro atoms. The van der Waals surface area contributed by atoms with Gasteiger partial charge in [0.1, 0.15) is 16.8 Å². The molecule has 0 aliphatic carbocycles. The van der Waals surface area contributed by atoms with Gasteiger partial charge in [-0.2, -0.15) is 5.26 Å². The van der Waals surface area contributed by atoms with E-state index in [1.54, 1.807) is 39.5 Å². The Labute approximate surface area is 220 Å². The van der Waals surface area contributed by atoms with Crippen molar-refractivity contribution in [2.24, 2.45) is 0 Å². The van der Waals surface area contributed by atoms with Gasteiger partial charge in [0.25, 0.3) is 0 Å². The molecular formula is C29H25N3O4S. The molecule has 0 radical (unpaired) electrons. The Kier molecular flexibility index (Phi) is 8.29. The molecule has 0 aliphatic rings. The third-order valence-electron chi connectivity index (χ3n) is 5.58. The van der Waals surface area contributed by atoms with Crippen molar-refractivity contribution in [3.63, 3.8) is 0 Å². The molecule has 0 atom stereocenters. The summed E-state index contributed by atoms with van der Waals surface area (Å²) in [6.07, 6.45) is 0. The highest BCUT2D eigenvalue weighted by atomic mass is 32.2. The van der Waals surface area contributed by atoms with Gasteiger partial charge in [-0.05, 0) is 35.9 Å². The number of amides is 1. The summed E-state index contributed by atoms with van der Waals surface area (Å²) < 4.78 is 16.2. The van der Waals surface area contributed by atoms with Gasteiger partial charge < -0.3 is 19.5 Å². The highest BCUT2D eigenvalue weighted by molar-refractivity contribution is 8.00. The van der Waals surface area contributed by atoms with Crippen molar-refractivity contribution in [1.29, 1.82) is 5.26 Å². The molecule has 4 aromatic rings. The van der Waals surface area contributed by atoms with Crippen molar-refractivity contribution in [1.82, 2.24) is 4.98 Å².